The first-order valence-electron chi connectivity index (χ1n) is 5.98. The number of aromatic nitrogens is 2. The summed E-state index contributed by atoms with van der Waals surface area (Å²) in [5.74, 6) is 0.0273. The van der Waals surface area contributed by atoms with Gasteiger partial charge in [0.05, 0.1) is 0 Å². The minimum atomic E-state index is -0.872. The van der Waals surface area contributed by atoms with Gasteiger partial charge in [0.2, 0.25) is 11.6 Å². The van der Waals surface area contributed by atoms with Crippen LogP contribution in [0, 0.1) is 0 Å². The summed E-state index contributed by atoms with van der Waals surface area (Å²) in [6, 6.07) is 0. The number of hydrogen-bond donors (Lipinski definition) is 0. The lowest BCUT2D eigenvalue weighted by atomic mass is 10.4. The van der Waals surface area contributed by atoms with Gasteiger partial charge < -0.3 is 14.4 Å². The minimum Gasteiger partial charge on any atom is -0.449 e. The van der Waals surface area contributed by atoms with Crippen molar-refractivity contribution in [2.75, 3.05) is 13.1 Å². The molecule has 0 radical (unpaired) electrons. The molecule has 1 amide bonds. The van der Waals surface area contributed by atoms with Crippen molar-refractivity contribution < 1.29 is 14.3 Å². The topological polar surface area (TPSA) is 64.5 Å². The summed E-state index contributed by atoms with van der Waals surface area (Å²) < 4.78 is 10.5. The average molecular weight is 341 g/mol. The number of amides is 1. The van der Waals surface area contributed by atoms with E-state index in [2.05, 4.69) is 9.97 Å². The van der Waals surface area contributed by atoms with Crippen molar-refractivity contribution in [3.8, 4) is 5.75 Å². The molecule has 0 N–H and O–H groups in total. The Morgan fingerprint density at radius 2 is 1.75 bits per heavy atom. The van der Waals surface area contributed by atoms with Crippen molar-refractivity contribution in [2.45, 2.75) is 26.1 Å². The molecule has 1 aliphatic heterocycles. The van der Waals surface area contributed by atoms with Crippen LogP contribution in [-0.2, 0) is 4.74 Å². The normalized spacial score (nSPS) is 16.1. The number of hydrogen-bond acceptors (Lipinski definition) is 5. The van der Waals surface area contributed by atoms with Gasteiger partial charge in [0.1, 0.15) is 0 Å². The van der Waals surface area contributed by atoms with Gasteiger partial charge in [-0.05, 0) is 24.4 Å². The zero-order valence-electron chi connectivity index (χ0n) is 10.6. The Bertz CT molecular complexity index is 486. The molecule has 0 unspecified atom stereocenters. The van der Waals surface area contributed by atoms with Gasteiger partial charge in [-0.3, -0.25) is 0 Å². The summed E-state index contributed by atoms with van der Waals surface area (Å²) in [6.45, 7) is 2.93. The van der Waals surface area contributed by atoms with Gasteiger partial charge in [-0.15, -0.1) is 0 Å². The van der Waals surface area contributed by atoms with E-state index in [0.717, 1.165) is 12.8 Å². The molecule has 0 aliphatic carbocycles. The molecule has 2 rings (SSSR count). The molecule has 0 aromatic carbocycles. The lowest BCUT2D eigenvalue weighted by molar-refractivity contribution is -0.0315. The first-order chi connectivity index (χ1) is 9.47. The second-order valence-corrected chi connectivity index (χ2v) is 5.22. The summed E-state index contributed by atoms with van der Waals surface area (Å²) in [5, 5.41) is -0.174. The molecule has 20 heavy (non-hydrogen) atoms. The number of likely N-dealkylation sites (tertiary alicyclic amines) is 1. The van der Waals surface area contributed by atoms with Crippen LogP contribution >= 0.6 is 34.8 Å². The van der Waals surface area contributed by atoms with Crippen LogP contribution in [0.5, 0.6) is 5.75 Å². The molecule has 0 spiro atoms. The molecule has 0 bridgehead atoms. The van der Waals surface area contributed by atoms with E-state index in [1.807, 2.05) is 0 Å². The van der Waals surface area contributed by atoms with E-state index in [1.54, 1.807) is 11.8 Å². The van der Waals surface area contributed by atoms with E-state index in [0.29, 0.717) is 13.1 Å². The van der Waals surface area contributed by atoms with Gasteiger partial charge in [-0.1, -0.05) is 23.2 Å². The molecule has 1 aliphatic rings. The third-order valence-electron chi connectivity index (χ3n) is 2.67. The predicted octanol–water partition coefficient (Wildman–Crippen LogP) is 3.39. The van der Waals surface area contributed by atoms with Crippen LogP contribution in [-0.4, -0.2) is 40.3 Å². The van der Waals surface area contributed by atoms with Gasteiger partial charge in [0.25, 0.3) is 0 Å². The van der Waals surface area contributed by atoms with Crippen LogP contribution in [0.3, 0.4) is 0 Å². The van der Waals surface area contributed by atoms with Crippen molar-refractivity contribution in [3.63, 3.8) is 0 Å². The summed E-state index contributed by atoms with van der Waals surface area (Å²) in [5.41, 5.74) is 0. The summed E-state index contributed by atoms with van der Waals surface area (Å²) in [6.07, 6.45) is 0.653. The predicted molar refractivity (Wildman–Crippen MR) is 74.4 cm³/mol. The monoisotopic (exact) mass is 339 g/mol. The van der Waals surface area contributed by atoms with Gasteiger partial charge >= 0.3 is 6.09 Å². The smallest absolute Gasteiger partial charge is 0.412 e. The average Bonchev–Trinajstić information content (AvgIpc) is 2.87. The summed E-state index contributed by atoms with van der Waals surface area (Å²) in [4.78, 5) is 20.8. The second kappa shape index (κ2) is 6.65. The molecule has 1 aromatic heterocycles. The minimum absolute atomic E-state index is 0.0273. The van der Waals surface area contributed by atoms with Crippen molar-refractivity contribution >= 4 is 40.9 Å². The molecule has 0 saturated carbocycles. The number of nitrogens with zero attached hydrogens (tertiary/aromatic N) is 3. The SMILES string of the molecule is C[C@H](OC(=O)N1CCCC1)Oc1c(Cl)nc(Cl)nc1Cl. The molecule has 9 heteroatoms. The lowest BCUT2D eigenvalue weighted by Crippen LogP contribution is -2.33. The molecular formula is C11H12Cl3N3O3. The fraction of sp³-hybridized carbons (Fsp3) is 0.545. The Kier molecular flexibility index (Phi) is 5.12. The molecule has 6 nitrogen and oxygen atoms in total. The van der Waals surface area contributed by atoms with Crippen LogP contribution in [0.2, 0.25) is 15.6 Å². The highest BCUT2D eigenvalue weighted by molar-refractivity contribution is 6.37. The Hall–Kier alpha value is -0.980. The Labute approximate surface area is 130 Å². The molecular weight excluding hydrogens is 328 g/mol. The van der Waals surface area contributed by atoms with E-state index in [1.165, 1.54) is 0 Å². The Balaban J connectivity index is 1.97. The second-order valence-electron chi connectivity index (χ2n) is 4.17. The van der Waals surface area contributed by atoms with E-state index in [4.69, 9.17) is 44.3 Å². The highest BCUT2D eigenvalue weighted by Gasteiger charge is 2.23. The molecule has 1 aromatic rings. The largest absolute Gasteiger partial charge is 0.449 e. The standard InChI is InChI=1S/C11H12Cl3N3O3/c1-6(20-11(18)17-4-2-3-5-17)19-7-8(12)15-10(14)16-9(7)13/h6H,2-5H2,1H3/t6-/m0/s1. The third kappa shape index (κ3) is 3.77. The van der Waals surface area contributed by atoms with Gasteiger partial charge in [-0.25, -0.2) is 14.8 Å². The maximum Gasteiger partial charge on any atom is 0.412 e. The van der Waals surface area contributed by atoms with E-state index in [-0.39, 0.29) is 21.3 Å². The number of carbonyl (C=O) groups excluding carboxylic acids is 1. The van der Waals surface area contributed by atoms with Crippen molar-refractivity contribution in [3.05, 3.63) is 15.6 Å². The number of halogens is 3. The fourth-order valence-electron chi connectivity index (χ4n) is 1.78. The zero-order chi connectivity index (χ0) is 14.7. The molecule has 1 fully saturated rings. The zero-order valence-corrected chi connectivity index (χ0v) is 12.9. The summed E-state index contributed by atoms with van der Waals surface area (Å²) >= 11 is 17.3. The van der Waals surface area contributed by atoms with E-state index in [9.17, 15) is 4.79 Å². The van der Waals surface area contributed by atoms with Crippen LogP contribution in [0.1, 0.15) is 19.8 Å². The van der Waals surface area contributed by atoms with Gasteiger partial charge in [-0.2, -0.15) is 0 Å². The summed E-state index contributed by atoms with van der Waals surface area (Å²) in [7, 11) is 0. The molecule has 1 atom stereocenters. The number of carbonyl (C=O) groups is 1. The first-order valence-corrected chi connectivity index (χ1v) is 7.11. The van der Waals surface area contributed by atoms with Crippen LogP contribution in [0.25, 0.3) is 0 Å². The van der Waals surface area contributed by atoms with Gasteiger partial charge in [0, 0.05) is 20.0 Å². The van der Waals surface area contributed by atoms with Crippen molar-refractivity contribution in [1.82, 2.24) is 14.9 Å². The molecule has 1 saturated heterocycles. The van der Waals surface area contributed by atoms with Crippen LogP contribution in [0.15, 0.2) is 0 Å². The molecule has 110 valence electrons. The van der Waals surface area contributed by atoms with Crippen LogP contribution < -0.4 is 4.74 Å². The highest BCUT2D eigenvalue weighted by atomic mass is 35.5. The third-order valence-corrected chi connectivity index (χ3v) is 3.35. The Morgan fingerprint density at radius 1 is 1.20 bits per heavy atom. The number of ether oxygens (including phenoxy) is 2. The maximum atomic E-state index is 11.8. The van der Waals surface area contributed by atoms with E-state index < -0.39 is 12.4 Å². The highest BCUT2D eigenvalue weighted by Crippen LogP contribution is 2.31. The fourth-order valence-corrected chi connectivity index (χ4v) is 2.51. The first kappa shape index (κ1) is 15.4. The van der Waals surface area contributed by atoms with Gasteiger partial charge in [0.15, 0.2) is 16.1 Å². The number of rotatable bonds is 3. The Morgan fingerprint density at radius 3 is 2.30 bits per heavy atom. The van der Waals surface area contributed by atoms with Crippen molar-refractivity contribution in [2.24, 2.45) is 0 Å². The van der Waals surface area contributed by atoms with Crippen LogP contribution in [0.4, 0.5) is 4.79 Å². The van der Waals surface area contributed by atoms with E-state index >= 15 is 0 Å². The maximum absolute atomic E-state index is 11.8. The quantitative estimate of drug-likeness (QED) is 0.479. The molecule has 2 heterocycles. The lowest BCUT2D eigenvalue weighted by Gasteiger charge is -2.20. The van der Waals surface area contributed by atoms with Crippen molar-refractivity contribution in [1.29, 1.82) is 0 Å².